The summed E-state index contributed by atoms with van der Waals surface area (Å²) in [7, 11) is 2.09. The molecule has 2 atom stereocenters. The van der Waals surface area contributed by atoms with Crippen LogP contribution in [0.3, 0.4) is 0 Å². The highest BCUT2D eigenvalue weighted by Crippen LogP contribution is 2.14. The van der Waals surface area contributed by atoms with Gasteiger partial charge in [0, 0.05) is 19.4 Å². The van der Waals surface area contributed by atoms with Gasteiger partial charge in [0.15, 0.2) is 5.78 Å². The van der Waals surface area contributed by atoms with Gasteiger partial charge in [-0.05, 0) is 78.0 Å². The Labute approximate surface area is 368 Å². The summed E-state index contributed by atoms with van der Waals surface area (Å²) in [5.74, 6) is -0.464. The van der Waals surface area contributed by atoms with Crippen LogP contribution in [-0.4, -0.2) is 75.1 Å². The van der Waals surface area contributed by atoms with Crippen LogP contribution in [0.15, 0.2) is 0 Å². The first-order valence-electron chi connectivity index (χ1n) is 25.3. The molecule has 0 spiro atoms. The Kier molecular flexibility index (Phi) is 63.4. The highest BCUT2D eigenvalue weighted by Gasteiger charge is 2.07. The van der Waals surface area contributed by atoms with Crippen LogP contribution in [0.25, 0.3) is 0 Å². The summed E-state index contributed by atoms with van der Waals surface area (Å²) in [5.41, 5.74) is 4.80. The van der Waals surface area contributed by atoms with Crippen molar-refractivity contribution >= 4 is 24.3 Å². The van der Waals surface area contributed by atoms with Crippen LogP contribution >= 0.6 is 0 Å². The maximum Gasteiger partial charge on any atom is 0.293 e. The zero-order chi connectivity index (χ0) is 44.9. The van der Waals surface area contributed by atoms with Crippen molar-refractivity contribution in [2.45, 2.75) is 260 Å². The molecule has 0 saturated carbocycles. The Hall–Kier alpha value is -1.64. The van der Waals surface area contributed by atoms with Crippen LogP contribution in [0.4, 0.5) is 0 Å². The number of nitrogens with one attached hydrogen (secondary N) is 1. The summed E-state index contributed by atoms with van der Waals surface area (Å²) in [6.07, 6.45) is 44.3. The molecule has 0 aliphatic heterocycles. The lowest BCUT2D eigenvalue weighted by molar-refractivity contribution is -0.134. The Bertz CT molecular complexity index is 827. The number of nitrogens with zero attached hydrogens (tertiary/aromatic N) is 1. The van der Waals surface area contributed by atoms with E-state index in [1.807, 2.05) is 0 Å². The summed E-state index contributed by atoms with van der Waals surface area (Å²) in [5, 5.41) is 3.39. The molecular weight excluding hydrogens is 735 g/mol. The molecule has 8 nitrogen and oxygen atoms in total. The SMILES string of the molecule is CC(=O)C(=O)CN.CCCCCCC=O.CCCCCCCC(C)COC=O.CCCCCCCCCCCCCCCN(CCCCCCCC)CCCC(C)NC. The lowest BCUT2D eigenvalue weighted by Crippen LogP contribution is -2.29. The Morgan fingerprint density at radius 2 is 0.932 bits per heavy atom. The molecular formula is C51H105N3O5. The quantitative estimate of drug-likeness (QED) is 0.0354. The molecule has 0 fully saturated rings. The number of carbonyl (C=O) groups excluding carboxylic acids is 4. The first-order valence-corrected chi connectivity index (χ1v) is 25.3. The number of unbranched alkanes of at least 4 members (excludes halogenated alkanes) is 25. The molecule has 0 aromatic rings. The lowest BCUT2D eigenvalue weighted by Gasteiger charge is -2.23. The van der Waals surface area contributed by atoms with Crippen LogP contribution < -0.4 is 11.1 Å². The number of hydrogen-bond donors (Lipinski definition) is 2. The molecule has 0 rings (SSSR count). The van der Waals surface area contributed by atoms with Gasteiger partial charge < -0.3 is 25.5 Å². The van der Waals surface area contributed by atoms with E-state index in [1.54, 1.807) is 0 Å². The van der Waals surface area contributed by atoms with Crippen molar-refractivity contribution in [1.82, 2.24) is 10.2 Å². The second-order valence-corrected chi connectivity index (χ2v) is 17.1. The van der Waals surface area contributed by atoms with E-state index in [9.17, 15) is 19.2 Å². The Morgan fingerprint density at radius 1 is 0.559 bits per heavy atom. The first-order chi connectivity index (χ1) is 28.6. The van der Waals surface area contributed by atoms with Gasteiger partial charge in [-0.3, -0.25) is 14.4 Å². The van der Waals surface area contributed by atoms with Gasteiger partial charge in [-0.25, -0.2) is 0 Å². The molecule has 0 heterocycles. The smallest absolute Gasteiger partial charge is 0.293 e. The van der Waals surface area contributed by atoms with Gasteiger partial charge in [-0.2, -0.15) is 0 Å². The van der Waals surface area contributed by atoms with Crippen molar-refractivity contribution in [2.24, 2.45) is 11.7 Å². The number of ketones is 2. The van der Waals surface area contributed by atoms with E-state index >= 15 is 0 Å². The predicted molar refractivity (Wildman–Crippen MR) is 257 cm³/mol. The van der Waals surface area contributed by atoms with E-state index in [4.69, 9.17) is 10.5 Å². The predicted octanol–water partition coefficient (Wildman–Crippen LogP) is 13.5. The Balaban J connectivity index is -0.000000436. The van der Waals surface area contributed by atoms with Gasteiger partial charge in [-0.1, -0.05) is 195 Å². The minimum Gasteiger partial charge on any atom is -0.468 e. The van der Waals surface area contributed by atoms with E-state index in [1.165, 1.54) is 219 Å². The van der Waals surface area contributed by atoms with Crippen molar-refractivity contribution in [3.8, 4) is 0 Å². The lowest BCUT2D eigenvalue weighted by atomic mass is 10.0. The number of Topliss-reactive ketones (excluding diaryl/α,β-unsaturated/α-hetero) is 2. The topological polar surface area (TPSA) is 119 Å². The molecule has 354 valence electrons. The molecule has 0 radical (unpaired) electrons. The summed E-state index contributed by atoms with van der Waals surface area (Å²) in [4.78, 5) is 42.4. The summed E-state index contributed by atoms with van der Waals surface area (Å²) < 4.78 is 4.69. The van der Waals surface area contributed by atoms with Gasteiger partial charge in [0.1, 0.15) is 6.29 Å². The van der Waals surface area contributed by atoms with E-state index in [0.717, 1.165) is 19.1 Å². The van der Waals surface area contributed by atoms with E-state index in [-0.39, 0.29) is 6.54 Å². The molecule has 8 heteroatoms. The zero-order valence-electron chi connectivity index (χ0n) is 41.0. The van der Waals surface area contributed by atoms with Crippen molar-refractivity contribution in [2.75, 3.05) is 39.8 Å². The van der Waals surface area contributed by atoms with Crippen LogP contribution in [0, 0.1) is 5.92 Å². The fourth-order valence-corrected chi connectivity index (χ4v) is 6.75. The van der Waals surface area contributed by atoms with Crippen molar-refractivity contribution < 1.29 is 23.9 Å². The normalized spacial score (nSPS) is 11.6. The molecule has 0 bridgehead atoms. The molecule has 2 unspecified atom stereocenters. The van der Waals surface area contributed by atoms with Crippen LogP contribution in [0.5, 0.6) is 0 Å². The standard InChI is InChI=1S/C29H62N2.C11H22O2.C7H14O.C4H7NO2/c1-5-7-9-11-13-14-15-16-17-18-19-21-23-27-31(28-24-25-29(3)30-4)26-22-20-12-10-8-6-2;1-3-4-5-6-7-8-11(2)9-13-10-12;1-2-3-4-5-6-7-8;1-3(6)4(7)2-5/h29-30H,5-28H2,1-4H3;10-11H,3-9H2,1-2H3;7H,2-6H2,1H3;2,5H2,1H3. The molecule has 0 aromatic heterocycles. The van der Waals surface area contributed by atoms with Crippen molar-refractivity contribution in [1.29, 1.82) is 0 Å². The molecule has 3 N–H and O–H groups in total. The van der Waals surface area contributed by atoms with Crippen molar-refractivity contribution in [3.63, 3.8) is 0 Å². The summed E-state index contributed by atoms with van der Waals surface area (Å²) >= 11 is 0. The number of aldehydes is 1. The summed E-state index contributed by atoms with van der Waals surface area (Å²) in [6, 6.07) is 0.659. The van der Waals surface area contributed by atoms with Gasteiger partial charge in [0.05, 0.1) is 13.2 Å². The average molecular weight is 840 g/mol. The third-order valence-corrected chi connectivity index (χ3v) is 11.0. The monoisotopic (exact) mass is 840 g/mol. The van der Waals surface area contributed by atoms with Gasteiger partial charge >= 0.3 is 0 Å². The first kappa shape index (κ1) is 64.0. The number of ether oxygens (including phenoxy) is 1. The number of hydrogen-bond acceptors (Lipinski definition) is 8. The largest absolute Gasteiger partial charge is 0.468 e. The second-order valence-electron chi connectivity index (χ2n) is 17.1. The molecule has 0 aliphatic rings. The molecule has 59 heavy (non-hydrogen) atoms. The number of nitrogens with two attached hydrogens (primary N) is 1. The molecule has 0 aliphatic carbocycles. The molecule has 0 saturated heterocycles. The van der Waals surface area contributed by atoms with E-state index in [0.29, 0.717) is 25.0 Å². The summed E-state index contributed by atoms with van der Waals surface area (Å²) in [6.45, 7) is 19.6. The highest BCUT2D eigenvalue weighted by molar-refractivity contribution is 6.36. The van der Waals surface area contributed by atoms with Crippen LogP contribution in [0.2, 0.25) is 0 Å². The fourth-order valence-electron chi connectivity index (χ4n) is 6.75. The minimum atomic E-state index is -0.514. The van der Waals surface area contributed by atoms with Crippen LogP contribution in [-0.2, 0) is 23.9 Å². The molecule has 0 amide bonds. The maximum absolute atomic E-state index is 10.0. The highest BCUT2D eigenvalue weighted by atomic mass is 16.5. The third-order valence-electron chi connectivity index (χ3n) is 11.0. The maximum atomic E-state index is 10.0. The van der Waals surface area contributed by atoms with E-state index < -0.39 is 11.6 Å². The Morgan fingerprint density at radius 3 is 1.27 bits per heavy atom. The zero-order valence-corrected chi connectivity index (χ0v) is 41.0. The van der Waals surface area contributed by atoms with Crippen molar-refractivity contribution in [3.05, 3.63) is 0 Å². The third kappa shape index (κ3) is 63.1. The molecule has 0 aromatic carbocycles. The number of rotatable bonds is 42. The average Bonchev–Trinajstić information content (AvgIpc) is 3.24. The second kappa shape index (κ2) is 58.5. The van der Waals surface area contributed by atoms with Gasteiger partial charge in [0.25, 0.3) is 6.47 Å². The minimum absolute atomic E-state index is 0.171. The van der Waals surface area contributed by atoms with E-state index in [2.05, 4.69) is 58.8 Å². The van der Waals surface area contributed by atoms with Crippen LogP contribution in [0.1, 0.15) is 254 Å². The fraction of sp³-hybridized carbons (Fsp3) is 0.922. The number of carbonyl (C=O) groups is 4. The van der Waals surface area contributed by atoms with Gasteiger partial charge in [0.2, 0.25) is 5.78 Å². The van der Waals surface area contributed by atoms with Gasteiger partial charge in [-0.15, -0.1) is 0 Å².